The summed E-state index contributed by atoms with van der Waals surface area (Å²) in [5.41, 5.74) is 0.880. The van der Waals surface area contributed by atoms with Crippen molar-refractivity contribution in [3.63, 3.8) is 0 Å². The highest BCUT2D eigenvalue weighted by atomic mass is 19.1. The van der Waals surface area contributed by atoms with E-state index in [0.717, 1.165) is 0 Å². The number of likely N-dealkylation sites (N-methyl/N-ethyl adjacent to an activating group) is 1. The van der Waals surface area contributed by atoms with E-state index in [4.69, 9.17) is 4.74 Å². The van der Waals surface area contributed by atoms with Crippen LogP contribution in [0.2, 0.25) is 0 Å². The fourth-order valence-corrected chi connectivity index (χ4v) is 4.29. The minimum atomic E-state index is -0.683. The number of likely N-dealkylation sites (tertiary alicyclic amines) is 1. The number of nitrogens with one attached hydrogen (secondary N) is 1. The third kappa shape index (κ3) is 5.92. The summed E-state index contributed by atoms with van der Waals surface area (Å²) in [5, 5.41) is 2.96. The summed E-state index contributed by atoms with van der Waals surface area (Å²) in [7, 11) is 1.56. The highest BCUT2D eigenvalue weighted by Crippen LogP contribution is 2.24. The minimum absolute atomic E-state index is 0.104. The first-order chi connectivity index (χ1) is 16.4. The molecule has 1 saturated heterocycles. The van der Waals surface area contributed by atoms with E-state index in [2.05, 4.69) is 5.32 Å². The number of piperidine rings is 1. The van der Waals surface area contributed by atoms with Gasteiger partial charge in [-0.15, -0.1) is 0 Å². The van der Waals surface area contributed by atoms with Gasteiger partial charge in [-0.3, -0.25) is 14.4 Å². The largest absolute Gasteiger partial charge is 0.497 e. The van der Waals surface area contributed by atoms with E-state index in [-0.39, 0.29) is 29.5 Å². The van der Waals surface area contributed by atoms with Crippen molar-refractivity contribution in [3.05, 3.63) is 65.5 Å². The van der Waals surface area contributed by atoms with E-state index >= 15 is 0 Å². The Balaban J connectivity index is 1.72. The van der Waals surface area contributed by atoms with Crippen LogP contribution in [0.25, 0.3) is 0 Å². The number of amides is 3. The number of hydrogen-bond acceptors (Lipinski definition) is 4. The first-order valence-corrected chi connectivity index (χ1v) is 11.7. The van der Waals surface area contributed by atoms with Crippen LogP contribution in [0.1, 0.15) is 47.4 Å². The number of nitrogens with zero attached hydrogens (tertiary/aromatic N) is 2. The predicted molar refractivity (Wildman–Crippen MR) is 127 cm³/mol. The van der Waals surface area contributed by atoms with E-state index in [1.165, 1.54) is 24.3 Å². The van der Waals surface area contributed by atoms with Gasteiger partial charge in [-0.1, -0.05) is 0 Å². The molecule has 0 radical (unpaired) electrons. The maximum absolute atomic E-state index is 13.3. The predicted octanol–water partition coefficient (Wildman–Crippen LogP) is 3.35. The molecule has 2 aromatic carbocycles. The van der Waals surface area contributed by atoms with Gasteiger partial charge < -0.3 is 19.9 Å². The molecule has 1 aliphatic heterocycles. The third-order valence-corrected chi connectivity index (χ3v) is 6.37. The molecule has 1 unspecified atom stereocenters. The van der Waals surface area contributed by atoms with Gasteiger partial charge >= 0.3 is 0 Å². The van der Waals surface area contributed by atoms with Crippen LogP contribution >= 0.6 is 0 Å². The molecule has 1 heterocycles. The SMILES string of the molecule is CCN(CC)C(=O)C(NC(=O)c1ccc(OC)cc1)C1CCN(C(=O)c2ccc(F)cc2)CC1. The van der Waals surface area contributed by atoms with Crippen LogP contribution in [0.5, 0.6) is 5.75 Å². The molecule has 1 N–H and O–H groups in total. The lowest BCUT2D eigenvalue weighted by atomic mass is 9.87. The van der Waals surface area contributed by atoms with Gasteiger partial charge in [0.1, 0.15) is 17.6 Å². The Labute approximate surface area is 199 Å². The number of hydrogen-bond donors (Lipinski definition) is 1. The van der Waals surface area contributed by atoms with Crippen molar-refractivity contribution in [3.8, 4) is 5.75 Å². The Bertz CT molecular complexity index is 982. The van der Waals surface area contributed by atoms with Crippen molar-refractivity contribution in [2.24, 2.45) is 5.92 Å². The van der Waals surface area contributed by atoms with Crippen LogP contribution in [0, 0.1) is 11.7 Å². The molecule has 7 nitrogen and oxygen atoms in total. The second kappa shape index (κ2) is 11.6. The van der Waals surface area contributed by atoms with Gasteiger partial charge in [0.05, 0.1) is 7.11 Å². The van der Waals surface area contributed by atoms with Crippen molar-refractivity contribution in [2.75, 3.05) is 33.3 Å². The highest BCUT2D eigenvalue weighted by Gasteiger charge is 2.35. The van der Waals surface area contributed by atoms with Gasteiger partial charge in [0.2, 0.25) is 5.91 Å². The van der Waals surface area contributed by atoms with Crippen molar-refractivity contribution in [1.82, 2.24) is 15.1 Å². The van der Waals surface area contributed by atoms with E-state index in [1.54, 1.807) is 41.2 Å². The summed E-state index contributed by atoms with van der Waals surface area (Å²) in [6, 6.07) is 11.6. The molecule has 3 rings (SSSR count). The number of methoxy groups -OCH3 is 1. The molecule has 2 aromatic rings. The average Bonchev–Trinajstić information content (AvgIpc) is 2.88. The molecule has 34 heavy (non-hydrogen) atoms. The Kier molecular flexibility index (Phi) is 8.62. The lowest BCUT2D eigenvalue weighted by Crippen LogP contribution is -2.54. The van der Waals surface area contributed by atoms with Gasteiger partial charge in [-0.25, -0.2) is 4.39 Å². The smallest absolute Gasteiger partial charge is 0.253 e. The summed E-state index contributed by atoms with van der Waals surface area (Å²) < 4.78 is 18.3. The fourth-order valence-electron chi connectivity index (χ4n) is 4.29. The maximum Gasteiger partial charge on any atom is 0.253 e. The van der Waals surface area contributed by atoms with Crippen LogP contribution in [-0.4, -0.2) is 66.9 Å². The van der Waals surface area contributed by atoms with Gasteiger partial charge in [-0.2, -0.15) is 0 Å². The van der Waals surface area contributed by atoms with E-state index in [1.807, 2.05) is 13.8 Å². The number of benzene rings is 2. The molecular formula is C26H32FN3O4. The highest BCUT2D eigenvalue weighted by molar-refractivity contribution is 5.98. The second-order valence-electron chi connectivity index (χ2n) is 8.33. The molecule has 3 amide bonds. The minimum Gasteiger partial charge on any atom is -0.497 e. The van der Waals surface area contributed by atoms with Crippen LogP contribution < -0.4 is 10.1 Å². The number of ether oxygens (including phenoxy) is 1. The monoisotopic (exact) mass is 469 g/mol. The van der Waals surface area contributed by atoms with Crippen LogP contribution in [0.15, 0.2) is 48.5 Å². The molecule has 8 heteroatoms. The van der Waals surface area contributed by atoms with Crippen LogP contribution in [0.4, 0.5) is 4.39 Å². The molecule has 1 atom stereocenters. The molecular weight excluding hydrogens is 437 g/mol. The summed E-state index contributed by atoms with van der Waals surface area (Å²) in [5.74, 6) is -0.445. The Morgan fingerprint density at radius 3 is 2.09 bits per heavy atom. The lowest BCUT2D eigenvalue weighted by molar-refractivity contribution is -0.134. The third-order valence-electron chi connectivity index (χ3n) is 6.37. The molecule has 1 aliphatic rings. The number of halogens is 1. The van der Waals surface area contributed by atoms with Gasteiger partial charge in [0, 0.05) is 37.3 Å². The summed E-state index contributed by atoms with van der Waals surface area (Å²) in [6.45, 7) is 5.84. The van der Waals surface area contributed by atoms with Gasteiger partial charge in [0.25, 0.3) is 11.8 Å². The first kappa shape index (κ1) is 25.2. The van der Waals surface area contributed by atoms with E-state index in [9.17, 15) is 18.8 Å². The molecule has 0 aliphatic carbocycles. The summed E-state index contributed by atoms with van der Waals surface area (Å²) >= 11 is 0. The molecule has 1 fully saturated rings. The van der Waals surface area contributed by atoms with Crippen molar-refractivity contribution in [2.45, 2.75) is 32.7 Å². The molecule has 0 aromatic heterocycles. The Morgan fingerprint density at radius 2 is 1.56 bits per heavy atom. The zero-order valence-electron chi connectivity index (χ0n) is 19.9. The fraction of sp³-hybridized carbons (Fsp3) is 0.423. The standard InChI is InChI=1S/C26H32FN3O4/c1-4-29(5-2)26(33)23(28-24(31)19-8-12-22(34-3)13-9-19)18-14-16-30(17-15-18)25(32)20-6-10-21(27)11-7-20/h6-13,18,23H,4-5,14-17H2,1-3H3,(H,28,31). The Morgan fingerprint density at radius 1 is 1.00 bits per heavy atom. The lowest BCUT2D eigenvalue weighted by Gasteiger charge is -2.37. The first-order valence-electron chi connectivity index (χ1n) is 11.7. The number of rotatable bonds is 8. The molecule has 182 valence electrons. The van der Waals surface area contributed by atoms with Gasteiger partial charge in [0.15, 0.2) is 0 Å². The zero-order chi connectivity index (χ0) is 24.7. The van der Waals surface area contributed by atoms with Crippen molar-refractivity contribution >= 4 is 17.7 Å². The number of carbonyl (C=O) groups is 3. The number of carbonyl (C=O) groups excluding carboxylic acids is 3. The van der Waals surface area contributed by atoms with Crippen molar-refractivity contribution < 1.29 is 23.5 Å². The van der Waals surface area contributed by atoms with E-state index in [0.29, 0.717) is 55.9 Å². The average molecular weight is 470 g/mol. The quantitative estimate of drug-likeness (QED) is 0.643. The van der Waals surface area contributed by atoms with Crippen LogP contribution in [0.3, 0.4) is 0 Å². The normalized spacial score (nSPS) is 14.9. The topological polar surface area (TPSA) is 79.0 Å². The Hall–Kier alpha value is -3.42. The van der Waals surface area contributed by atoms with Crippen LogP contribution in [-0.2, 0) is 4.79 Å². The maximum atomic E-state index is 13.3. The molecule has 0 spiro atoms. The summed E-state index contributed by atoms with van der Waals surface area (Å²) in [6.07, 6.45) is 1.15. The molecule has 0 saturated carbocycles. The van der Waals surface area contributed by atoms with E-state index < -0.39 is 6.04 Å². The zero-order valence-corrected chi connectivity index (χ0v) is 19.9. The molecule has 0 bridgehead atoms. The van der Waals surface area contributed by atoms with Crippen molar-refractivity contribution in [1.29, 1.82) is 0 Å². The second-order valence-corrected chi connectivity index (χ2v) is 8.33. The summed E-state index contributed by atoms with van der Waals surface area (Å²) in [4.78, 5) is 42.5. The van der Waals surface area contributed by atoms with Gasteiger partial charge in [-0.05, 0) is 81.1 Å².